The molecule has 7 heteroatoms. The number of halogens is 4. The Balaban J connectivity index is 1.50. The average Bonchev–Trinajstić information content (AvgIpc) is 3.32. The molecule has 0 spiro atoms. The number of hydrogen-bond acceptors (Lipinski definition) is 2. The minimum Gasteiger partial charge on any atom is -0.489 e. The highest BCUT2D eigenvalue weighted by molar-refractivity contribution is 7.27. The van der Waals surface area contributed by atoms with Crippen molar-refractivity contribution in [3.63, 3.8) is 0 Å². The number of alkyl halides is 4. The molecule has 1 heterocycles. The van der Waals surface area contributed by atoms with Gasteiger partial charge in [0.2, 0.25) is 0 Å². The lowest BCUT2D eigenvalue weighted by molar-refractivity contribution is -0.151. The number of aryl methyl sites for hydroxylation is 1. The summed E-state index contributed by atoms with van der Waals surface area (Å²) in [6.07, 6.45) is 0.0643. The summed E-state index contributed by atoms with van der Waals surface area (Å²) in [4.78, 5) is 2.25. The van der Waals surface area contributed by atoms with Gasteiger partial charge < -0.3 is 4.74 Å². The minimum absolute atomic E-state index is 0.0192. The number of hydrogen-bond donors (Lipinski definition) is 0. The van der Waals surface area contributed by atoms with E-state index in [-0.39, 0.29) is 19.2 Å². The average molecular weight is 598 g/mol. The molecule has 3 aromatic rings. The number of allylic oxidation sites excluding steroid dienone is 1. The SMILES string of the molecule is CCC(c1ccc(C2=C(c3ccc(OC4CCN(CCCF)C4)cc3)c3ccc(C)c(P)c3CCC2)cc1)C(F)(F)F. The van der Waals surface area contributed by atoms with E-state index in [0.29, 0.717) is 12.0 Å². The van der Waals surface area contributed by atoms with Gasteiger partial charge in [-0.3, -0.25) is 9.29 Å². The van der Waals surface area contributed by atoms with Gasteiger partial charge in [-0.25, -0.2) is 0 Å². The van der Waals surface area contributed by atoms with Crippen molar-refractivity contribution in [2.24, 2.45) is 0 Å². The van der Waals surface area contributed by atoms with Crippen molar-refractivity contribution in [1.82, 2.24) is 4.90 Å². The van der Waals surface area contributed by atoms with Gasteiger partial charge in [-0.05, 0) is 107 Å². The Morgan fingerprint density at radius 3 is 2.36 bits per heavy atom. The molecule has 0 bridgehead atoms. The Bertz CT molecular complexity index is 1400. The maximum absolute atomic E-state index is 13.6. The third-order valence-electron chi connectivity index (χ3n) is 8.75. The molecule has 1 aliphatic heterocycles. The molecule has 0 amide bonds. The molecule has 0 aromatic heterocycles. The Morgan fingerprint density at radius 2 is 1.69 bits per heavy atom. The molecular formula is C35H40F4NOP. The van der Waals surface area contributed by atoms with Gasteiger partial charge in [0.05, 0.1) is 12.6 Å². The minimum atomic E-state index is -4.26. The van der Waals surface area contributed by atoms with Crippen LogP contribution < -0.4 is 10.0 Å². The molecular weight excluding hydrogens is 557 g/mol. The molecule has 0 radical (unpaired) electrons. The molecule has 5 rings (SSSR count). The summed E-state index contributed by atoms with van der Waals surface area (Å²) in [7, 11) is 2.92. The van der Waals surface area contributed by atoms with Crippen molar-refractivity contribution in [2.45, 2.75) is 70.6 Å². The molecule has 3 aromatic carbocycles. The van der Waals surface area contributed by atoms with Crippen LogP contribution in [-0.4, -0.2) is 43.5 Å². The van der Waals surface area contributed by atoms with Crippen molar-refractivity contribution in [2.75, 3.05) is 26.3 Å². The van der Waals surface area contributed by atoms with E-state index in [0.717, 1.165) is 73.3 Å². The molecule has 3 atom stereocenters. The Hall–Kier alpha value is -2.69. The number of fused-ring (bicyclic) bond motifs is 1. The molecule has 2 nitrogen and oxygen atoms in total. The first kappa shape index (κ1) is 30.8. The highest BCUT2D eigenvalue weighted by atomic mass is 31.0. The predicted octanol–water partition coefficient (Wildman–Crippen LogP) is 8.66. The van der Waals surface area contributed by atoms with Crippen LogP contribution in [0.3, 0.4) is 0 Å². The van der Waals surface area contributed by atoms with E-state index in [2.05, 4.69) is 45.3 Å². The third-order valence-corrected chi connectivity index (χ3v) is 9.55. The van der Waals surface area contributed by atoms with Crippen LogP contribution >= 0.6 is 9.24 Å². The molecule has 0 N–H and O–H groups in total. The van der Waals surface area contributed by atoms with Gasteiger partial charge in [-0.2, -0.15) is 13.2 Å². The van der Waals surface area contributed by atoms with Gasteiger partial charge in [-0.1, -0.05) is 55.5 Å². The lowest BCUT2D eigenvalue weighted by Crippen LogP contribution is -2.26. The Morgan fingerprint density at radius 1 is 0.976 bits per heavy atom. The summed E-state index contributed by atoms with van der Waals surface area (Å²) in [5.41, 5.74) is 8.34. The summed E-state index contributed by atoms with van der Waals surface area (Å²) >= 11 is 0. The fourth-order valence-corrected chi connectivity index (χ4v) is 6.87. The van der Waals surface area contributed by atoms with Gasteiger partial charge in [0.25, 0.3) is 0 Å². The monoisotopic (exact) mass is 597 g/mol. The standard InChI is InChI=1S/C35H40F4NOP/c1-3-32(35(37,38)39)25-11-9-24(10-12-25)29-6-4-7-31-30(17-8-23(2)34(31)42)33(29)26-13-15-27(16-14-26)41-28-18-21-40(22-28)20-5-19-36/h8-17,28,32H,3-7,18-22,42H2,1-2H3. The maximum atomic E-state index is 13.6. The predicted molar refractivity (Wildman–Crippen MR) is 167 cm³/mol. The van der Waals surface area contributed by atoms with Crippen molar-refractivity contribution < 1.29 is 22.3 Å². The number of rotatable bonds is 9. The second-order valence-electron chi connectivity index (χ2n) is 11.5. The van der Waals surface area contributed by atoms with E-state index in [1.54, 1.807) is 19.1 Å². The highest BCUT2D eigenvalue weighted by Crippen LogP contribution is 2.42. The van der Waals surface area contributed by atoms with Gasteiger partial charge in [0.1, 0.15) is 11.9 Å². The molecule has 42 heavy (non-hydrogen) atoms. The van der Waals surface area contributed by atoms with Crippen LogP contribution in [-0.2, 0) is 6.42 Å². The van der Waals surface area contributed by atoms with Gasteiger partial charge in [0.15, 0.2) is 0 Å². The smallest absolute Gasteiger partial charge is 0.395 e. The lowest BCUT2D eigenvalue weighted by atomic mass is 9.86. The second-order valence-corrected chi connectivity index (χ2v) is 12.1. The van der Waals surface area contributed by atoms with Gasteiger partial charge >= 0.3 is 6.18 Å². The highest BCUT2D eigenvalue weighted by Gasteiger charge is 2.39. The summed E-state index contributed by atoms with van der Waals surface area (Å²) in [6, 6.07) is 19.6. The van der Waals surface area contributed by atoms with E-state index >= 15 is 0 Å². The summed E-state index contributed by atoms with van der Waals surface area (Å²) < 4.78 is 59.8. The molecule has 2 aliphatic rings. The van der Waals surface area contributed by atoms with Crippen LogP contribution in [0.4, 0.5) is 17.6 Å². The fourth-order valence-electron chi connectivity index (χ4n) is 6.48. The van der Waals surface area contributed by atoms with Crippen LogP contribution in [0.15, 0.2) is 60.7 Å². The molecule has 0 saturated carbocycles. The van der Waals surface area contributed by atoms with E-state index < -0.39 is 12.1 Å². The first-order valence-electron chi connectivity index (χ1n) is 15.0. The topological polar surface area (TPSA) is 12.5 Å². The van der Waals surface area contributed by atoms with Crippen molar-refractivity contribution in [1.29, 1.82) is 0 Å². The third kappa shape index (κ3) is 6.76. The Kier molecular flexibility index (Phi) is 9.74. The largest absolute Gasteiger partial charge is 0.489 e. The van der Waals surface area contributed by atoms with Crippen molar-refractivity contribution >= 4 is 25.7 Å². The number of nitrogens with zero attached hydrogens (tertiary/aromatic N) is 1. The van der Waals surface area contributed by atoms with Crippen LogP contribution in [0, 0.1) is 6.92 Å². The number of likely N-dealkylation sites (tertiary alicyclic amines) is 1. The van der Waals surface area contributed by atoms with E-state index in [1.165, 1.54) is 22.0 Å². The van der Waals surface area contributed by atoms with Crippen LogP contribution in [0.5, 0.6) is 5.75 Å². The second kappa shape index (κ2) is 13.3. The Labute approximate surface area is 249 Å². The molecule has 1 aliphatic carbocycles. The normalized spacial score (nSPS) is 18.6. The first-order chi connectivity index (χ1) is 20.2. The summed E-state index contributed by atoms with van der Waals surface area (Å²) in [5, 5.41) is 1.22. The lowest BCUT2D eigenvalue weighted by Gasteiger charge is -2.21. The van der Waals surface area contributed by atoms with Crippen molar-refractivity contribution in [3.05, 3.63) is 94.0 Å². The quantitative estimate of drug-likeness (QED) is 0.181. The molecule has 1 saturated heterocycles. The molecule has 3 unspecified atom stereocenters. The molecule has 1 fully saturated rings. The zero-order valence-corrected chi connectivity index (χ0v) is 25.6. The van der Waals surface area contributed by atoms with Crippen LogP contribution in [0.25, 0.3) is 11.1 Å². The zero-order valence-electron chi connectivity index (χ0n) is 24.4. The molecule has 224 valence electrons. The number of ether oxygens (including phenoxy) is 1. The van der Waals surface area contributed by atoms with Crippen LogP contribution in [0.2, 0.25) is 0 Å². The summed E-state index contributed by atoms with van der Waals surface area (Å²) in [5.74, 6) is -0.648. The van der Waals surface area contributed by atoms with Gasteiger partial charge in [0, 0.05) is 19.6 Å². The van der Waals surface area contributed by atoms with E-state index in [1.807, 2.05) is 24.3 Å². The van der Waals surface area contributed by atoms with Crippen molar-refractivity contribution in [3.8, 4) is 5.75 Å². The zero-order chi connectivity index (χ0) is 29.9. The van der Waals surface area contributed by atoms with Gasteiger partial charge in [-0.15, -0.1) is 9.24 Å². The van der Waals surface area contributed by atoms with Crippen LogP contribution in [0.1, 0.15) is 78.3 Å². The number of benzene rings is 3. The maximum Gasteiger partial charge on any atom is 0.395 e. The fraction of sp³-hybridized carbons (Fsp3) is 0.429. The first-order valence-corrected chi connectivity index (χ1v) is 15.6. The summed E-state index contributed by atoms with van der Waals surface area (Å²) in [6.45, 7) is 5.91. The van der Waals surface area contributed by atoms with E-state index in [4.69, 9.17) is 4.74 Å². The van der Waals surface area contributed by atoms with E-state index in [9.17, 15) is 17.6 Å².